The van der Waals surface area contributed by atoms with Gasteiger partial charge in [-0.3, -0.25) is 9.36 Å². The molecule has 1 rings (SSSR count). The van der Waals surface area contributed by atoms with E-state index in [4.69, 9.17) is 11.5 Å². The molecule has 0 aliphatic rings. The van der Waals surface area contributed by atoms with Crippen molar-refractivity contribution in [2.75, 3.05) is 5.73 Å². The molecule has 0 saturated carbocycles. The lowest BCUT2D eigenvalue weighted by Crippen LogP contribution is -2.44. The Bertz CT molecular complexity index is 500. The van der Waals surface area contributed by atoms with E-state index in [0.717, 1.165) is 10.6 Å². The van der Waals surface area contributed by atoms with Crippen molar-refractivity contribution in [2.45, 2.75) is 19.9 Å². The fourth-order valence-corrected chi connectivity index (χ4v) is 1.25. The van der Waals surface area contributed by atoms with Crippen LogP contribution in [0, 0.1) is 0 Å². The van der Waals surface area contributed by atoms with E-state index in [2.05, 4.69) is 0 Å². The number of anilines is 1. The summed E-state index contributed by atoms with van der Waals surface area (Å²) in [6.45, 7) is 2.03. The molecule has 0 aliphatic carbocycles. The number of rotatable bonds is 2. The maximum absolute atomic E-state index is 11.6. The average molecular weight is 212 g/mol. The van der Waals surface area contributed by atoms with Crippen LogP contribution in [0.2, 0.25) is 0 Å². The lowest BCUT2D eigenvalue weighted by atomic mass is 10.4. The summed E-state index contributed by atoms with van der Waals surface area (Å²) in [6.07, 6.45) is 0.595. The highest BCUT2D eigenvalue weighted by Gasteiger charge is 2.11. The maximum Gasteiger partial charge on any atom is 0.340 e. The van der Waals surface area contributed by atoms with Crippen LogP contribution in [0.25, 0.3) is 0 Å². The zero-order valence-corrected chi connectivity index (χ0v) is 8.27. The molecule has 0 unspecified atom stereocenters. The van der Waals surface area contributed by atoms with Gasteiger partial charge in [-0.15, -0.1) is 0 Å². The van der Waals surface area contributed by atoms with Crippen molar-refractivity contribution >= 4 is 11.8 Å². The van der Waals surface area contributed by atoms with Crippen LogP contribution in [0.4, 0.5) is 10.6 Å². The minimum atomic E-state index is -0.998. The smallest absolute Gasteiger partial charge is 0.340 e. The van der Waals surface area contributed by atoms with Crippen LogP contribution < -0.4 is 22.7 Å². The molecule has 7 nitrogen and oxygen atoms in total. The van der Waals surface area contributed by atoms with E-state index in [1.54, 1.807) is 6.92 Å². The summed E-state index contributed by atoms with van der Waals surface area (Å²) in [4.78, 5) is 33.8. The van der Waals surface area contributed by atoms with E-state index in [9.17, 15) is 14.4 Å². The van der Waals surface area contributed by atoms with Crippen molar-refractivity contribution in [1.82, 2.24) is 9.13 Å². The van der Waals surface area contributed by atoms with E-state index in [-0.39, 0.29) is 12.4 Å². The standard InChI is InChI=1S/C8H12N4O3/c1-2-3-11-6(13)4-5(9)12(7(10)14)8(11)15/h4H,2-3,9H2,1H3,(H2,10,14). The van der Waals surface area contributed by atoms with Crippen molar-refractivity contribution in [3.8, 4) is 0 Å². The number of amides is 1. The SMILES string of the molecule is CCCn1c(=O)cc(N)n(C(N)=O)c1=O. The second kappa shape index (κ2) is 3.99. The molecule has 0 spiro atoms. The largest absolute Gasteiger partial charge is 0.384 e. The van der Waals surface area contributed by atoms with Gasteiger partial charge in [0.05, 0.1) is 0 Å². The van der Waals surface area contributed by atoms with Gasteiger partial charge in [-0.25, -0.2) is 9.59 Å². The molecule has 1 aromatic rings. The highest BCUT2D eigenvalue weighted by molar-refractivity contribution is 5.77. The number of carbonyl (C=O) groups is 1. The number of nitrogens with two attached hydrogens (primary N) is 2. The molecule has 15 heavy (non-hydrogen) atoms. The summed E-state index contributed by atoms with van der Waals surface area (Å²) in [7, 11) is 0. The zero-order valence-electron chi connectivity index (χ0n) is 8.27. The summed E-state index contributed by atoms with van der Waals surface area (Å²) in [6, 6.07) is 0.00398. The molecule has 0 atom stereocenters. The second-order valence-corrected chi connectivity index (χ2v) is 3.02. The van der Waals surface area contributed by atoms with Crippen LogP contribution in [0.5, 0.6) is 0 Å². The van der Waals surface area contributed by atoms with Crippen LogP contribution in [0.3, 0.4) is 0 Å². The highest BCUT2D eigenvalue weighted by atomic mass is 16.2. The van der Waals surface area contributed by atoms with Gasteiger partial charge >= 0.3 is 11.7 Å². The Morgan fingerprint density at radius 3 is 2.53 bits per heavy atom. The molecular weight excluding hydrogens is 200 g/mol. The van der Waals surface area contributed by atoms with Gasteiger partial charge in [0.2, 0.25) is 0 Å². The molecule has 0 aromatic carbocycles. The number of aromatic nitrogens is 2. The van der Waals surface area contributed by atoms with Gasteiger partial charge in [-0.1, -0.05) is 6.92 Å². The van der Waals surface area contributed by atoms with Crippen molar-refractivity contribution in [2.24, 2.45) is 5.73 Å². The number of hydrogen-bond acceptors (Lipinski definition) is 4. The van der Waals surface area contributed by atoms with Gasteiger partial charge in [-0.05, 0) is 6.42 Å². The van der Waals surface area contributed by atoms with Crippen LogP contribution in [-0.4, -0.2) is 15.2 Å². The van der Waals surface area contributed by atoms with E-state index in [1.165, 1.54) is 0 Å². The van der Waals surface area contributed by atoms with Crippen LogP contribution in [-0.2, 0) is 6.54 Å². The lowest BCUT2D eigenvalue weighted by molar-refractivity contribution is 0.249. The van der Waals surface area contributed by atoms with Gasteiger partial charge < -0.3 is 11.5 Å². The quantitative estimate of drug-likeness (QED) is 0.649. The molecular formula is C8H12N4O3. The first kappa shape index (κ1) is 11.0. The first-order chi connectivity index (χ1) is 6.99. The first-order valence-corrected chi connectivity index (χ1v) is 4.41. The van der Waals surface area contributed by atoms with Crippen molar-refractivity contribution in [3.63, 3.8) is 0 Å². The molecule has 1 aromatic heterocycles. The van der Waals surface area contributed by atoms with Crippen molar-refractivity contribution in [3.05, 3.63) is 26.9 Å². The van der Waals surface area contributed by atoms with Crippen LogP contribution >= 0.6 is 0 Å². The maximum atomic E-state index is 11.6. The molecule has 82 valence electrons. The first-order valence-electron chi connectivity index (χ1n) is 4.41. The molecule has 1 heterocycles. The monoisotopic (exact) mass is 212 g/mol. The summed E-state index contributed by atoms with van der Waals surface area (Å²) < 4.78 is 1.48. The summed E-state index contributed by atoms with van der Waals surface area (Å²) in [5.41, 5.74) is 8.97. The summed E-state index contributed by atoms with van der Waals surface area (Å²) >= 11 is 0. The normalized spacial score (nSPS) is 10.2. The third-order valence-corrected chi connectivity index (χ3v) is 1.89. The molecule has 0 bridgehead atoms. The lowest BCUT2D eigenvalue weighted by Gasteiger charge is -2.08. The van der Waals surface area contributed by atoms with E-state index < -0.39 is 17.3 Å². The fourth-order valence-electron chi connectivity index (χ4n) is 1.25. The Balaban J connectivity index is 3.57. The molecule has 0 radical (unpaired) electrons. The Labute approximate surface area is 84.9 Å². The van der Waals surface area contributed by atoms with Gasteiger partial charge in [0.25, 0.3) is 5.56 Å². The van der Waals surface area contributed by atoms with Gasteiger partial charge in [0, 0.05) is 12.6 Å². The zero-order chi connectivity index (χ0) is 11.6. The highest BCUT2D eigenvalue weighted by Crippen LogP contribution is 1.92. The Kier molecular flexibility index (Phi) is 2.93. The van der Waals surface area contributed by atoms with Crippen LogP contribution in [0.15, 0.2) is 15.7 Å². The van der Waals surface area contributed by atoms with Crippen LogP contribution in [0.1, 0.15) is 13.3 Å². The summed E-state index contributed by atoms with van der Waals surface area (Å²) in [5, 5.41) is 0. The molecule has 0 fully saturated rings. The predicted octanol–water partition coefficient (Wildman–Crippen LogP) is -1.07. The number of nitrogen functional groups attached to an aromatic ring is 1. The third kappa shape index (κ3) is 1.90. The Hall–Kier alpha value is -2.05. The number of nitrogens with zero attached hydrogens (tertiary/aromatic N) is 2. The van der Waals surface area contributed by atoms with E-state index >= 15 is 0 Å². The van der Waals surface area contributed by atoms with Crippen molar-refractivity contribution < 1.29 is 4.79 Å². The minimum absolute atomic E-state index is 0.227. The fraction of sp³-hybridized carbons (Fsp3) is 0.375. The van der Waals surface area contributed by atoms with Gasteiger partial charge in [-0.2, -0.15) is 4.57 Å². The second-order valence-electron chi connectivity index (χ2n) is 3.02. The molecule has 7 heteroatoms. The average Bonchev–Trinajstić information content (AvgIpc) is 2.11. The Morgan fingerprint density at radius 2 is 2.07 bits per heavy atom. The molecule has 4 N–H and O–H groups in total. The molecule has 0 aliphatic heterocycles. The Morgan fingerprint density at radius 1 is 1.47 bits per heavy atom. The molecule has 1 amide bonds. The van der Waals surface area contributed by atoms with E-state index in [0.29, 0.717) is 11.0 Å². The number of hydrogen-bond donors (Lipinski definition) is 2. The van der Waals surface area contributed by atoms with Gasteiger partial charge in [0.1, 0.15) is 5.82 Å². The predicted molar refractivity (Wildman–Crippen MR) is 54.6 cm³/mol. The summed E-state index contributed by atoms with van der Waals surface area (Å²) in [5.74, 6) is -0.246. The van der Waals surface area contributed by atoms with E-state index in [1.807, 2.05) is 0 Å². The topological polar surface area (TPSA) is 113 Å². The number of primary amides is 1. The number of carbonyl (C=O) groups excluding carboxylic acids is 1. The minimum Gasteiger partial charge on any atom is -0.384 e. The third-order valence-electron chi connectivity index (χ3n) is 1.89. The molecule has 0 saturated heterocycles. The van der Waals surface area contributed by atoms with Crippen molar-refractivity contribution in [1.29, 1.82) is 0 Å². The van der Waals surface area contributed by atoms with Gasteiger partial charge in [0.15, 0.2) is 0 Å².